The lowest BCUT2D eigenvalue weighted by Crippen LogP contribution is -2.25. The van der Waals surface area contributed by atoms with Gasteiger partial charge in [0.15, 0.2) is 0 Å². The smallest absolute Gasteiger partial charge is 0.323 e. The first-order valence-electron chi connectivity index (χ1n) is 7.05. The minimum absolute atomic E-state index is 0.265. The van der Waals surface area contributed by atoms with E-state index in [9.17, 15) is 0 Å². The van der Waals surface area contributed by atoms with E-state index in [2.05, 4.69) is 44.4 Å². The van der Waals surface area contributed by atoms with Crippen molar-refractivity contribution in [3.05, 3.63) is 0 Å². The molecule has 0 unspecified atom stereocenters. The first-order valence-corrected chi connectivity index (χ1v) is 7.05. The zero-order chi connectivity index (χ0) is 14.8. The number of nitrogens with one attached hydrogen (secondary N) is 2. The Labute approximate surface area is 120 Å². The van der Waals surface area contributed by atoms with Gasteiger partial charge in [-0.1, -0.05) is 13.8 Å². The molecule has 0 spiro atoms. The maximum absolute atomic E-state index is 5.32. The van der Waals surface area contributed by atoms with Crippen molar-refractivity contribution >= 4 is 11.9 Å². The predicted molar refractivity (Wildman–Crippen MR) is 79.7 cm³/mol. The molecule has 0 fully saturated rings. The quantitative estimate of drug-likeness (QED) is 0.328. The fourth-order valence-corrected chi connectivity index (χ4v) is 1.74. The van der Waals surface area contributed by atoms with Gasteiger partial charge in [0, 0.05) is 6.54 Å². The van der Waals surface area contributed by atoms with Gasteiger partial charge in [-0.15, -0.1) is 0 Å². The van der Waals surface area contributed by atoms with Crippen LogP contribution < -0.4 is 21.3 Å². The summed E-state index contributed by atoms with van der Waals surface area (Å²) in [6, 6.07) is 0.265. The third-order valence-electron chi connectivity index (χ3n) is 2.85. The zero-order valence-electron chi connectivity index (χ0n) is 12.5. The Hall–Kier alpha value is -1.67. The van der Waals surface area contributed by atoms with Crippen molar-refractivity contribution in [2.24, 2.45) is 5.84 Å². The molecule has 1 aromatic rings. The standard InChI is InChI=1S/C12H25N7O/c1-4-19(5-2)9-7-8-14-10-15-11(18-13)17-12(16-10)20-6-3/h4-9,13H2,1-3H3,(H2,14,15,16,17,18). The Morgan fingerprint density at radius 1 is 1.10 bits per heavy atom. The van der Waals surface area contributed by atoms with Crippen LogP contribution in [-0.4, -0.2) is 52.6 Å². The highest BCUT2D eigenvalue weighted by atomic mass is 16.5. The van der Waals surface area contributed by atoms with Gasteiger partial charge in [0.2, 0.25) is 11.9 Å². The predicted octanol–water partition coefficient (Wildman–Crippen LogP) is 0.700. The van der Waals surface area contributed by atoms with Crippen molar-refractivity contribution in [1.29, 1.82) is 0 Å². The molecule has 1 aromatic heterocycles. The molecular weight excluding hydrogens is 258 g/mol. The monoisotopic (exact) mass is 283 g/mol. The molecule has 114 valence electrons. The fraction of sp³-hybridized carbons (Fsp3) is 0.750. The maximum Gasteiger partial charge on any atom is 0.323 e. The summed E-state index contributed by atoms with van der Waals surface area (Å²) in [5.41, 5.74) is 2.40. The molecule has 0 atom stereocenters. The molecule has 0 saturated heterocycles. The van der Waals surface area contributed by atoms with Crippen LogP contribution in [0.25, 0.3) is 0 Å². The van der Waals surface area contributed by atoms with Gasteiger partial charge in [-0.3, -0.25) is 5.43 Å². The molecule has 0 aromatic carbocycles. The topological polar surface area (TPSA) is 101 Å². The molecule has 8 heteroatoms. The Morgan fingerprint density at radius 3 is 2.40 bits per heavy atom. The van der Waals surface area contributed by atoms with E-state index in [-0.39, 0.29) is 12.0 Å². The summed E-state index contributed by atoms with van der Waals surface area (Å²) >= 11 is 0. The average molecular weight is 283 g/mol. The second-order valence-corrected chi connectivity index (χ2v) is 4.15. The normalized spacial score (nSPS) is 10.7. The summed E-state index contributed by atoms with van der Waals surface area (Å²) in [5.74, 6) is 6.08. The Morgan fingerprint density at radius 2 is 1.80 bits per heavy atom. The highest BCUT2D eigenvalue weighted by Gasteiger charge is 2.06. The van der Waals surface area contributed by atoms with Crippen molar-refractivity contribution in [2.45, 2.75) is 27.2 Å². The Kier molecular flexibility index (Phi) is 7.59. The molecule has 0 aliphatic heterocycles. The lowest BCUT2D eigenvalue weighted by atomic mass is 10.3. The number of rotatable bonds is 10. The van der Waals surface area contributed by atoms with Gasteiger partial charge in [0.1, 0.15) is 0 Å². The van der Waals surface area contributed by atoms with Crippen molar-refractivity contribution in [3.63, 3.8) is 0 Å². The van der Waals surface area contributed by atoms with Crippen LogP contribution in [0.15, 0.2) is 0 Å². The van der Waals surface area contributed by atoms with E-state index in [0.29, 0.717) is 12.6 Å². The Balaban J connectivity index is 2.48. The van der Waals surface area contributed by atoms with Crippen molar-refractivity contribution in [1.82, 2.24) is 19.9 Å². The highest BCUT2D eigenvalue weighted by molar-refractivity contribution is 5.34. The van der Waals surface area contributed by atoms with Crippen LogP contribution in [0.4, 0.5) is 11.9 Å². The summed E-state index contributed by atoms with van der Waals surface area (Å²) in [5, 5.41) is 3.16. The van der Waals surface area contributed by atoms with E-state index >= 15 is 0 Å². The van der Waals surface area contributed by atoms with Gasteiger partial charge < -0.3 is 15.0 Å². The number of aromatic nitrogens is 3. The zero-order valence-corrected chi connectivity index (χ0v) is 12.5. The number of hydrogen-bond acceptors (Lipinski definition) is 8. The summed E-state index contributed by atoms with van der Waals surface area (Å²) in [7, 11) is 0. The molecule has 20 heavy (non-hydrogen) atoms. The van der Waals surface area contributed by atoms with Crippen LogP contribution in [-0.2, 0) is 0 Å². The second-order valence-electron chi connectivity index (χ2n) is 4.15. The maximum atomic E-state index is 5.32. The molecule has 0 bridgehead atoms. The van der Waals surface area contributed by atoms with Crippen molar-refractivity contribution in [3.8, 4) is 6.01 Å². The van der Waals surface area contributed by atoms with Gasteiger partial charge in [-0.2, -0.15) is 15.0 Å². The van der Waals surface area contributed by atoms with Crippen LogP contribution in [0.3, 0.4) is 0 Å². The fourth-order valence-electron chi connectivity index (χ4n) is 1.74. The Bertz CT molecular complexity index is 384. The number of nitrogens with zero attached hydrogens (tertiary/aromatic N) is 4. The van der Waals surface area contributed by atoms with E-state index < -0.39 is 0 Å². The molecule has 0 saturated carbocycles. The number of anilines is 2. The minimum Gasteiger partial charge on any atom is -0.464 e. The van der Waals surface area contributed by atoms with E-state index in [1.807, 2.05) is 6.92 Å². The number of nitrogens with two attached hydrogens (primary N) is 1. The lowest BCUT2D eigenvalue weighted by molar-refractivity contribution is 0.302. The molecule has 1 heterocycles. The molecule has 0 radical (unpaired) electrons. The molecule has 0 aliphatic rings. The van der Waals surface area contributed by atoms with Gasteiger partial charge in [-0.05, 0) is 33.0 Å². The molecule has 4 N–H and O–H groups in total. The summed E-state index contributed by atoms with van der Waals surface area (Å²) in [6.07, 6.45) is 1.02. The van der Waals surface area contributed by atoms with E-state index in [0.717, 1.165) is 32.6 Å². The van der Waals surface area contributed by atoms with Gasteiger partial charge in [0.25, 0.3) is 0 Å². The van der Waals surface area contributed by atoms with Crippen LogP contribution in [0.1, 0.15) is 27.2 Å². The van der Waals surface area contributed by atoms with E-state index in [4.69, 9.17) is 10.6 Å². The first-order chi connectivity index (χ1) is 9.73. The minimum atomic E-state index is 0.265. The number of nitrogen functional groups attached to an aromatic ring is 1. The van der Waals surface area contributed by atoms with Crippen LogP contribution in [0.5, 0.6) is 6.01 Å². The lowest BCUT2D eigenvalue weighted by Gasteiger charge is -2.17. The van der Waals surface area contributed by atoms with Gasteiger partial charge >= 0.3 is 6.01 Å². The SMILES string of the molecule is CCOc1nc(NN)nc(NCCCN(CC)CC)n1. The average Bonchev–Trinajstić information content (AvgIpc) is 2.47. The second kappa shape index (κ2) is 9.27. The summed E-state index contributed by atoms with van der Waals surface area (Å²) in [6.45, 7) is 10.7. The molecule has 8 nitrogen and oxygen atoms in total. The van der Waals surface area contributed by atoms with Gasteiger partial charge in [-0.25, -0.2) is 5.84 Å². The largest absolute Gasteiger partial charge is 0.464 e. The summed E-state index contributed by atoms with van der Waals surface area (Å²) < 4.78 is 5.26. The van der Waals surface area contributed by atoms with E-state index in [1.165, 1.54) is 0 Å². The van der Waals surface area contributed by atoms with Crippen LogP contribution in [0, 0.1) is 0 Å². The third kappa shape index (κ3) is 5.54. The van der Waals surface area contributed by atoms with Gasteiger partial charge in [0.05, 0.1) is 6.61 Å². The third-order valence-corrected chi connectivity index (χ3v) is 2.85. The molecule has 0 amide bonds. The summed E-state index contributed by atoms with van der Waals surface area (Å²) in [4.78, 5) is 14.7. The molecule has 0 aliphatic carbocycles. The van der Waals surface area contributed by atoms with Crippen LogP contribution in [0.2, 0.25) is 0 Å². The van der Waals surface area contributed by atoms with Crippen molar-refractivity contribution in [2.75, 3.05) is 43.5 Å². The number of hydrazine groups is 1. The number of ether oxygens (including phenoxy) is 1. The molecular formula is C12H25N7O. The highest BCUT2D eigenvalue weighted by Crippen LogP contribution is 2.10. The molecule has 1 rings (SSSR count). The van der Waals surface area contributed by atoms with E-state index in [1.54, 1.807) is 0 Å². The first kappa shape index (κ1) is 16.4. The van der Waals surface area contributed by atoms with Crippen molar-refractivity contribution < 1.29 is 4.74 Å². The number of hydrogen-bond donors (Lipinski definition) is 3. The van der Waals surface area contributed by atoms with Crippen LogP contribution >= 0.6 is 0 Å².